The van der Waals surface area contributed by atoms with E-state index < -0.39 is 0 Å². The van der Waals surface area contributed by atoms with Gasteiger partial charge in [0, 0.05) is 24.7 Å². The van der Waals surface area contributed by atoms with Crippen molar-refractivity contribution in [2.45, 2.75) is 69.9 Å². The van der Waals surface area contributed by atoms with E-state index in [9.17, 15) is 0 Å². The molecule has 3 heteroatoms. The highest BCUT2D eigenvalue weighted by molar-refractivity contribution is 4.96. The van der Waals surface area contributed by atoms with E-state index in [1.807, 2.05) is 0 Å². The van der Waals surface area contributed by atoms with E-state index in [0.717, 1.165) is 0 Å². The maximum atomic E-state index is 5.89. The van der Waals surface area contributed by atoms with Crippen molar-refractivity contribution >= 4 is 0 Å². The largest absolute Gasteiger partial charge is 0.373 e. The summed E-state index contributed by atoms with van der Waals surface area (Å²) in [7, 11) is 0. The fraction of sp³-hybridized carbons (Fsp3) is 1.00. The molecule has 3 aliphatic heterocycles. The SMILES string of the molecule is CC(C)N1CCC(NC2CC3CCC2O3)C1. The first kappa shape index (κ1) is 11.0. The number of hydrogen-bond donors (Lipinski definition) is 1. The Balaban J connectivity index is 1.49. The van der Waals surface area contributed by atoms with Gasteiger partial charge in [-0.1, -0.05) is 0 Å². The van der Waals surface area contributed by atoms with Crippen LogP contribution >= 0.6 is 0 Å². The van der Waals surface area contributed by atoms with Crippen LogP contribution in [0.15, 0.2) is 0 Å². The van der Waals surface area contributed by atoms with Gasteiger partial charge in [-0.3, -0.25) is 4.90 Å². The zero-order chi connectivity index (χ0) is 11.1. The Labute approximate surface area is 98.5 Å². The predicted octanol–water partition coefficient (Wildman–Crippen LogP) is 1.38. The molecule has 3 fully saturated rings. The molecule has 0 aromatic heterocycles. The molecule has 0 aromatic carbocycles. The number of rotatable bonds is 3. The van der Waals surface area contributed by atoms with Gasteiger partial charge in [-0.15, -0.1) is 0 Å². The van der Waals surface area contributed by atoms with E-state index in [1.54, 1.807) is 0 Å². The van der Waals surface area contributed by atoms with Gasteiger partial charge in [-0.25, -0.2) is 0 Å². The molecule has 0 saturated carbocycles. The summed E-state index contributed by atoms with van der Waals surface area (Å²) >= 11 is 0. The number of nitrogens with zero attached hydrogens (tertiary/aromatic N) is 1. The van der Waals surface area contributed by atoms with Gasteiger partial charge < -0.3 is 10.1 Å². The Hall–Kier alpha value is -0.120. The van der Waals surface area contributed by atoms with E-state index in [4.69, 9.17) is 4.74 Å². The second kappa shape index (κ2) is 4.28. The Morgan fingerprint density at radius 1 is 1.25 bits per heavy atom. The summed E-state index contributed by atoms with van der Waals surface area (Å²) < 4.78 is 5.89. The molecule has 0 radical (unpaired) electrons. The van der Waals surface area contributed by atoms with Crippen LogP contribution in [-0.2, 0) is 4.74 Å². The summed E-state index contributed by atoms with van der Waals surface area (Å²) in [4.78, 5) is 2.58. The maximum Gasteiger partial charge on any atom is 0.0733 e. The first-order chi connectivity index (χ1) is 7.72. The van der Waals surface area contributed by atoms with Crippen LogP contribution in [0, 0.1) is 0 Å². The molecule has 3 aliphatic rings. The van der Waals surface area contributed by atoms with Crippen LogP contribution in [0.25, 0.3) is 0 Å². The van der Waals surface area contributed by atoms with Crippen molar-refractivity contribution in [2.24, 2.45) is 0 Å². The Morgan fingerprint density at radius 3 is 2.69 bits per heavy atom. The molecule has 0 aliphatic carbocycles. The lowest BCUT2D eigenvalue weighted by molar-refractivity contribution is 0.0960. The van der Waals surface area contributed by atoms with Crippen molar-refractivity contribution in [1.29, 1.82) is 0 Å². The minimum Gasteiger partial charge on any atom is -0.373 e. The standard InChI is InChI=1S/C13H24N2O/c1-9(2)15-6-5-10(8-15)14-12-7-11-3-4-13(12)16-11/h9-14H,3-8H2,1-2H3. The van der Waals surface area contributed by atoms with Crippen LogP contribution in [-0.4, -0.2) is 48.3 Å². The van der Waals surface area contributed by atoms with Crippen molar-refractivity contribution in [3.05, 3.63) is 0 Å². The number of likely N-dealkylation sites (tertiary alicyclic amines) is 1. The molecule has 4 atom stereocenters. The Kier molecular flexibility index (Phi) is 2.94. The minimum atomic E-state index is 0.526. The normalized spacial score (nSPS) is 43.7. The van der Waals surface area contributed by atoms with Crippen molar-refractivity contribution < 1.29 is 4.74 Å². The van der Waals surface area contributed by atoms with Gasteiger partial charge in [-0.05, 0) is 46.1 Å². The highest BCUT2D eigenvalue weighted by Gasteiger charge is 2.41. The minimum absolute atomic E-state index is 0.526. The molecule has 1 N–H and O–H groups in total. The van der Waals surface area contributed by atoms with Crippen LogP contribution in [0.4, 0.5) is 0 Å². The summed E-state index contributed by atoms with van der Waals surface area (Å²) in [6.45, 7) is 7.08. The molecule has 0 spiro atoms. The summed E-state index contributed by atoms with van der Waals surface area (Å²) in [5.41, 5.74) is 0. The molecule has 0 aromatic rings. The van der Waals surface area contributed by atoms with Gasteiger partial charge in [0.1, 0.15) is 0 Å². The molecule has 3 saturated heterocycles. The summed E-state index contributed by atoms with van der Waals surface area (Å²) in [6, 6.07) is 2.05. The van der Waals surface area contributed by atoms with E-state index in [0.29, 0.717) is 30.3 Å². The molecule has 2 bridgehead atoms. The average Bonchev–Trinajstić information content (AvgIpc) is 2.91. The number of ether oxygens (including phenoxy) is 1. The molecule has 92 valence electrons. The molecule has 3 heterocycles. The smallest absolute Gasteiger partial charge is 0.0733 e. The van der Waals surface area contributed by atoms with Crippen molar-refractivity contribution in [3.8, 4) is 0 Å². The number of hydrogen-bond acceptors (Lipinski definition) is 3. The lowest BCUT2D eigenvalue weighted by Gasteiger charge is -2.25. The number of fused-ring (bicyclic) bond motifs is 2. The lowest BCUT2D eigenvalue weighted by atomic mass is 9.95. The Bertz CT molecular complexity index is 256. The van der Waals surface area contributed by atoms with E-state index >= 15 is 0 Å². The van der Waals surface area contributed by atoms with Gasteiger partial charge >= 0.3 is 0 Å². The van der Waals surface area contributed by atoms with Gasteiger partial charge in [0.05, 0.1) is 12.2 Å². The third kappa shape index (κ3) is 2.01. The average molecular weight is 224 g/mol. The molecule has 3 rings (SSSR count). The maximum absolute atomic E-state index is 5.89. The van der Waals surface area contributed by atoms with Crippen molar-refractivity contribution in [3.63, 3.8) is 0 Å². The highest BCUT2D eigenvalue weighted by Crippen LogP contribution is 2.34. The van der Waals surface area contributed by atoms with Gasteiger partial charge in [0.2, 0.25) is 0 Å². The molecule has 3 nitrogen and oxygen atoms in total. The zero-order valence-corrected chi connectivity index (χ0v) is 10.5. The second-order valence-corrected chi connectivity index (χ2v) is 5.96. The molecular formula is C13H24N2O. The molecular weight excluding hydrogens is 200 g/mol. The monoisotopic (exact) mass is 224 g/mol. The molecule has 0 amide bonds. The van der Waals surface area contributed by atoms with Crippen LogP contribution in [0.3, 0.4) is 0 Å². The topological polar surface area (TPSA) is 24.5 Å². The fourth-order valence-corrected chi connectivity index (χ4v) is 3.51. The third-order valence-electron chi connectivity index (χ3n) is 4.51. The van der Waals surface area contributed by atoms with E-state index in [-0.39, 0.29) is 0 Å². The lowest BCUT2D eigenvalue weighted by Crippen LogP contribution is -2.45. The van der Waals surface area contributed by atoms with Gasteiger partial charge in [-0.2, -0.15) is 0 Å². The Morgan fingerprint density at radius 2 is 2.12 bits per heavy atom. The van der Waals surface area contributed by atoms with Crippen molar-refractivity contribution in [1.82, 2.24) is 10.2 Å². The summed E-state index contributed by atoms with van der Waals surface area (Å²) in [5, 5.41) is 3.83. The van der Waals surface area contributed by atoms with Crippen LogP contribution in [0.5, 0.6) is 0 Å². The van der Waals surface area contributed by atoms with Crippen LogP contribution in [0.1, 0.15) is 39.5 Å². The first-order valence-corrected chi connectivity index (χ1v) is 6.88. The number of nitrogens with one attached hydrogen (secondary N) is 1. The quantitative estimate of drug-likeness (QED) is 0.784. The highest BCUT2D eigenvalue weighted by atomic mass is 16.5. The first-order valence-electron chi connectivity index (χ1n) is 6.88. The second-order valence-electron chi connectivity index (χ2n) is 5.96. The zero-order valence-electron chi connectivity index (χ0n) is 10.5. The van der Waals surface area contributed by atoms with Crippen LogP contribution < -0.4 is 5.32 Å². The molecule has 4 unspecified atom stereocenters. The van der Waals surface area contributed by atoms with Gasteiger partial charge in [0.25, 0.3) is 0 Å². The van der Waals surface area contributed by atoms with E-state index in [2.05, 4.69) is 24.1 Å². The van der Waals surface area contributed by atoms with Gasteiger partial charge in [0.15, 0.2) is 0 Å². The van der Waals surface area contributed by atoms with Crippen molar-refractivity contribution in [2.75, 3.05) is 13.1 Å². The molecule has 16 heavy (non-hydrogen) atoms. The predicted molar refractivity (Wildman–Crippen MR) is 64.5 cm³/mol. The van der Waals surface area contributed by atoms with Crippen LogP contribution in [0.2, 0.25) is 0 Å². The third-order valence-corrected chi connectivity index (χ3v) is 4.51. The summed E-state index contributed by atoms with van der Waals surface area (Å²) in [5.74, 6) is 0. The fourth-order valence-electron chi connectivity index (χ4n) is 3.51. The van der Waals surface area contributed by atoms with E-state index in [1.165, 1.54) is 38.8 Å². The summed E-state index contributed by atoms with van der Waals surface area (Å²) in [6.07, 6.45) is 6.24.